The molecule has 0 amide bonds. The van der Waals surface area contributed by atoms with Crippen LogP contribution < -0.4 is 0 Å². The summed E-state index contributed by atoms with van der Waals surface area (Å²) in [6, 6.07) is 0. The molecular weight excluding hydrogens is 152 g/mol. The van der Waals surface area contributed by atoms with Crippen molar-refractivity contribution in [3.05, 3.63) is 17.0 Å². The van der Waals surface area contributed by atoms with Crippen LogP contribution in [0.25, 0.3) is 0 Å². The molecule has 2 aliphatic rings. The van der Waals surface area contributed by atoms with Crippen molar-refractivity contribution in [2.45, 2.75) is 31.8 Å². The number of nitrogens with zero attached hydrogens (tertiary/aromatic N) is 1. The number of aromatic nitrogens is 2. The summed E-state index contributed by atoms with van der Waals surface area (Å²) >= 11 is 0. The lowest BCUT2D eigenvalue weighted by atomic mass is 10.1. The van der Waals surface area contributed by atoms with Crippen LogP contribution in [0, 0.1) is 0 Å². The molecule has 0 bridgehead atoms. The fourth-order valence-corrected chi connectivity index (χ4v) is 1.83. The van der Waals surface area contributed by atoms with E-state index in [1.54, 1.807) is 0 Å². The number of H-pyrrole nitrogens is 1. The minimum Gasteiger partial charge on any atom is -0.376 e. The first-order valence-corrected chi connectivity index (χ1v) is 4.59. The van der Waals surface area contributed by atoms with E-state index in [0.29, 0.717) is 0 Å². The predicted molar refractivity (Wildman–Crippen MR) is 43.9 cm³/mol. The van der Waals surface area contributed by atoms with Crippen molar-refractivity contribution in [2.24, 2.45) is 0 Å². The molecule has 0 radical (unpaired) electrons. The van der Waals surface area contributed by atoms with Crippen molar-refractivity contribution in [3.8, 4) is 0 Å². The minimum absolute atomic E-state index is 0.742. The molecule has 3 heteroatoms. The largest absolute Gasteiger partial charge is 0.376 e. The second kappa shape index (κ2) is 2.33. The zero-order chi connectivity index (χ0) is 7.97. The number of hydrogen-bond acceptors (Lipinski definition) is 2. The van der Waals surface area contributed by atoms with E-state index in [0.717, 1.165) is 25.6 Å². The van der Waals surface area contributed by atoms with Gasteiger partial charge in [-0.1, -0.05) is 0 Å². The Bertz CT molecular complexity index is 301. The van der Waals surface area contributed by atoms with Gasteiger partial charge in [0, 0.05) is 23.6 Å². The van der Waals surface area contributed by atoms with Gasteiger partial charge in [0.05, 0.1) is 18.9 Å². The van der Waals surface area contributed by atoms with Gasteiger partial charge in [-0.15, -0.1) is 0 Å². The van der Waals surface area contributed by atoms with Crippen LogP contribution >= 0.6 is 0 Å². The van der Waals surface area contributed by atoms with Crippen molar-refractivity contribution in [1.29, 1.82) is 0 Å². The van der Waals surface area contributed by atoms with Crippen molar-refractivity contribution in [2.75, 3.05) is 6.61 Å². The standard InChI is InChI=1S/C9H12N2O/c1-2-6(1)9-7-5-12-4-3-8(7)10-11-9/h6H,1-5H2,(H,10,11). The second-order valence-electron chi connectivity index (χ2n) is 3.64. The summed E-state index contributed by atoms with van der Waals surface area (Å²) < 4.78 is 5.41. The van der Waals surface area contributed by atoms with Gasteiger partial charge in [0.15, 0.2) is 0 Å². The topological polar surface area (TPSA) is 37.9 Å². The number of fused-ring (bicyclic) bond motifs is 1. The molecule has 1 aliphatic heterocycles. The summed E-state index contributed by atoms with van der Waals surface area (Å²) in [5.41, 5.74) is 3.94. The highest BCUT2D eigenvalue weighted by Gasteiger charge is 2.30. The third kappa shape index (κ3) is 0.894. The van der Waals surface area contributed by atoms with Gasteiger partial charge >= 0.3 is 0 Å². The van der Waals surface area contributed by atoms with Crippen LogP contribution in [0.4, 0.5) is 0 Å². The van der Waals surface area contributed by atoms with Crippen molar-refractivity contribution in [3.63, 3.8) is 0 Å². The quantitative estimate of drug-likeness (QED) is 0.680. The van der Waals surface area contributed by atoms with Crippen LogP contribution in [-0.4, -0.2) is 16.8 Å². The molecule has 1 fully saturated rings. The maximum atomic E-state index is 5.41. The monoisotopic (exact) mass is 164 g/mol. The first-order chi connectivity index (χ1) is 5.95. The van der Waals surface area contributed by atoms with Crippen LogP contribution in [0.1, 0.15) is 35.7 Å². The van der Waals surface area contributed by atoms with Gasteiger partial charge in [0.1, 0.15) is 0 Å². The number of aromatic amines is 1. The number of nitrogens with one attached hydrogen (secondary N) is 1. The van der Waals surface area contributed by atoms with Gasteiger partial charge < -0.3 is 4.74 Å². The van der Waals surface area contributed by atoms with E-state index in [1.165, 1.54) is 29.8 Å². The number of ether oxygens (including phenoxy) is 1. The Morgan fingerprint density at radius 3 is 3.17 bits per heavy atom. The maximum Gasteiger partial charge on any atom is 0.0753 e. The zero-order valence-electron chi connectivity index (χ0n) is 6.97. The molecule has 0 aromatic carbocycles. The van der Waals surface area contributed by atoms with Gasteiger partial charge in [-0.3, -0.25) is 5.10 Å². The summed E-state index contributed by atoms with van der Waals surface area (Å²) in [7, 11) is 0. The molecule has 0 atom stereocenters. The molecule has 3 nitrogen and oxygen atoms in total. The summed E-state index contributed by atoms with van der Waals surface area (Å²) in [5, 5.41) is 7.47. The first-order valence-electron chi connectivity index (χ1n) is 4.59. The Morgan fingerprint density at radius 1 is 1.42 bits per heavy atom. The van der Waals surface area contributed by atoms with Crippen molar-refractivity contribution in [1.82, 2.24) is 10.2 Å². The summed E-state index contributed by atoms with van der Waals surface area (Å²) in [4.78, 5) is 0. The summed E-state index contributed by atoms with van der Waals surface area (Å²) in [6.45, 7) is 1.62. The molecule has 2 heterocycles. The Balaban J connectivity index is 2.03. The second-order valence-corrected chi connectivity index (χ2v) is 3.64. The molecule has 0 unspecified atom stereocenters. The smallest absolute Gasteiger partial charge is 0.0753 e. The highest BCUT2D eigenvalue weighted by molar-refractivity contribution is 5.31. The maximum absolute atomic E-state index is 5.41. The fraction of sp³-hybridized carbons (Fsp3) is 0.667. The Labute approximate surface area is 71.1 Å². The van der Waals surface area contributed by atoms with Crippen LogP contribution in [0.2, 0.25) is 0 Å². The van der Waals surface area contributed by atoms with Gasteiger partial charge in [0.25, 0.3) is 0 Å². The first kappa shape index (κ1) is 6.66. The van der Waals surface area contributed by atoms with Crippen LogP contribution in [0.3, 0.4) is 0 Å². The van der Waals surface area contributed by atoms with Gasteiger partial charge in [-0.05, 0) is 12.8 Å². The molecule has 1 saturated carbocycles. The van der Waals surface area contributed by atoms with Crippen LogP contribution in [-0.2, 0) is 17.8 Å². The number of rotatable bonds is 1. The van der Waals surface area contributed by atoms with Crippen LogP contribution in [0.5, 0.6) is 0 Å². The molecular formula is C9H12N2O. The van der Waals surface area contributed by atoms with Crippen LogP contribution in [0.15, 0.2) is 0 Å². The Morgan fingerprint density at radius 2 is 2.33 bits per heavy atom. The van der Waals surface area contributed by atoms with E-state index in [-0.39, 0.29) is 0 Å². The van der Waals surface area contributed by atoms with E-state index >= 15 is 0 Å². The SMILES string of the molecule is C1Cc2[nH]nc(C3CC3)c2CO1. The number of hydrogen-bond donors (Lipinski definition) is 1. The lowest BCUT2D eigenvalue weighted by molar-refractivity contribution is 0.109. The molecule has 12 heavy (non-hydrogen) atoms. The van der Waals surface area contributed by atoms with Gasteiger partial charge in [0.2, 0.25) is 0 Å². The molecule has 0 saturated heterocycles. The third-order valence-corrected chi connectivity index (χ3v) is 2.69. The summed E-state index contributed by atoms with van der Waals surface area (Å²) in [5.74, 6) is 0.742. The molecule has 1 aliphatic carbocycles. The highest BCUT2D eigenvalue weighted by Crippen LogP contribution is 2.41. The van der Waals surface area contributed by atoms with Crippen molar-refractivity contribution < 1.29 is 4.74 Å². The fourth-order valence-electron chi connectivity index (χ4n) is 1.83. The lowest BCUT2D eigenvalue weighted by Crippen LogP contribution is -2.09. The average Bonchev–Trinajstić information content (AvgIpc) is 2.86. The van der Waals surface area contributed by atoms with Gasteiger partial charge in [-0.25, -0.2) is 0 Å². The molecule has 1 aromatic rings. The Hall–Kier alpha value is -0.830. The van der Waals surface area contributed by atoms with E-state index < -0.39 is 0 Å². The molecule has 0 spiro atoms. The average molecular weight is 164 g/mol. The molecule has 3 rings (SSSR count). The van der Waals surface area contributed by atoms with E-state index in [9.17, 15) is 0 Å². The predicted octanol–water partition coefficient (Wildman–Crippen LogP) is 1.36. The normalized spacial score (nSPS) is 22.3. The lowest BCUT2D eigenvalue weighted by Gasteiger charge is -2.11. The highest BCUT2D eigenvalue weighted by atomic mass is 16.5. The van der Waals surface area contributed by atoms with E-state index in [1.807, 2.05) is 0 Å². The van der Waals surface area contributed by atoms with Gasteiger partial charge in [-0.2, -0.15) is 5.10 Å². The Kier molecular flexibility index (Phi) is 1.29. The molecule has 1 aromatic heterocycles. The summed E-state index contributed by atoms with van der Waals surface area (Å²) in [6.07, 6.45) is 3.64. The molecule has 64 valence electrons. The third-order valence-electron chi connectivity index (χ3n) is 2.69. The van der Waals surface area contributed by atoms with Crippen molar-refractivity contribution >= 4 is 0 Å². The molecule has 1 N–H and O–H groups in total. The van der Waals surface area contributed by atoms with E-state index in [2.05, 4.69) is 10.2 Å². The minimum atomic E-state index is 0.742. The zero-order valence-corrected chi connectivity index (χ0v) is 6.97. The van der Waals surface area contributed by atoms with E-state index in [4.69, 9.17) is 4.74 Å².